The van der Waals surface area contributed by atoms with Gasteiger partial charge in [-0.15, -0.1) is 13.0 Å². The van der Waals surface area contributed by atoms with Gasteiger partial charge in [-0.05, 0) is 13.8 Å². The smallest absolute Gasteiger partial charge is 0.144 e. The lowest BCUT2D eigenvalue weighted by molar-refractivity contribution is 0.623. The summed E-state index contributed by atoms with van der Waals surface area (Å²) in [6, 6.07) is 1.34. The van der Waals surface area contributed by atoms with Crippen molar-refractivity contribution in [3.05, 3.63) is 48.2 Å². The van der Waals surface area contributed by atoms with Crippen molar-refractivity contribution in [2.75, 3.05) is 0 Å². The normalized spacial score (nSPS) is 9.12. The van der Waals surface area contributed by atoms with Gasteiger partial charge in [-0.25, -0.2) is 9.37 Å². The van der Waals surface area contributed by atoms with E-state index >= 15 is 0 Å². The molecule has 2 aromatic rings. The van der Waals surface area contributed by atoms with E-state index in [-0.39, 0.29) is 6.99 Å². The van der Waals surface area contributed by atoms with Gasteiger partial charge in [0.25, 0.3) is 0 Å². The second kappa shape index (κ2) is 5.13. The quantitative estimate of drug-likeness (QED) is 0.490. The van der Waals surface area contributed by atoms with Gasteiger partial charge < -0.3 is 4.40 Å². The number of allylic oxidation sites excluding steroid dienone is 1. The number of hydrogen-bond acceptors (Lipinski definition) is 1. The number of fused-ring (bicyclic) bond motifs is 1. The molecule has 0 unspecified atom stereocenters. The van der Waals surface area contributed by atoms with E-state index in [0.29, 0.717) is 5.65 Å². The van der Waals surface area contributed by atoms with E-state index in [1.54, 1.807) is 22.9 Å². The van der Waals surface area contributed by atoms with Gasteiger partial charge in [-0.3, -0.25) is 0 Å². The first-order valence-electron chi connectivity index (χ1n) is 4.81. The van der Waals surface area contributed by atoms with Crippen molar-refractivity contribution in [3.8, 4) is 12.3 Å². The van der Waals surface area contributed by atoms with Crippen molar-refractivity contribution in [3.63, 3.8) is 0 Å². The minimum absolute atomic E-state index is 0. The molecule has 2 heterocycles. The number of nitrogens with zero attached hydrogens (tertiary/aromatic N) is 2. The monoisotopic (exact) mass is 218 g/mol. The molecule has 2 rings (SSSR count). The molecule has 2 nitrogen and oxygen atoms in total. The lowest BCUT2D eigenvalue weighted by atomic mass is 10.3. The number of rotatable bonds is 0. The molecule has 0 atom stereocenters. The van der Waals surface area contributed by atoms with Gasteiger partial charge in [0.15, 0.2) is 0 Å². The molecule has 16 heavy (non-hydrogen) atoms. The van der Waals surface area contributed by atoms with Crippen LogP contribution in [0.5, 0.6) is 0 Å². The highest BCUT2D eigenvalue weighted by atomic mass is 19.1. The van der Waals surface area contributed by atoms with E-state index < -0.39 is 5.82 Å². The third kappa shape index (κ3) is 2.48. The van der Waals surface area contributed by atoms with Crippen LogP contribution in [0.4, 0.5) is 4.39 Å². The fourth-order valence-electron chi connectivity index (χ4n) is 1.24. The topological polar surface area (TPSA) is 17.3 Å². The predicted molar refractivity (Wildman–Crippen MR) is 65.8 cm³/mol. The molecule has 0 aliphatic heterocycles. The Hall–Kier alpha value is -2.08. The van der Waals surface area contributed by atoms with Crippen molar-refractivity contribution in [1.82, 2.24) is 9.38 Å². The van der Waals surface area contributed by atoms with Gasteiger partial charge in [0, 0.05) is 19.9 Å². The Morgan fingerprint density at radius 3 is 2.81 bits per heavy atom. The van der Waals surface area contributed by atoms with Crippen LogP contribution in [0.3, 0.4) is 0 Å². The first-order chi connectivity index (χ1) is 7.62. The average molecular weight is 218 g/mol. The summed E-state index contributed by atoms with van der Waals surface area (Å²) in [7, 11) is 0. The molecule has 0 fully saturated rings. The largest absolute Gasteiger partial charge is 0.305 e. The van der Waals surface area contributed by atoms with Crippen molar-refractivity contribution >= 4 is 5.65 Å². The van der Waals surface area contributed by atoms with Crippen LogP contribution in [0.1, 0.15) is 19.6 Å². The zero-order valence-electron chi connectivity index (χ0n) is 9.37. The summed E-state index contributed by atoms with van der Waals surface area (Å²) < 4.78 is 14.8. The molecule has 84 valence electrons. The van der Waals surface area contributed by atoms with Crippen molar-refractivity contribution in [2.45, 2.75) is 13.8 Å². The highest BCUT2D eigenvalue weighted by Gasteiger charge is 2.03. The molecule has 0 N–H and O–H groups in total. The highest BCUT2D eigenvalue weighted by molar-refractivity contribution is 5.45. The molecule has 2 aromatic heterocycles. The Bertz CT molecular complexity index is 552. The Morgan fingerprint density at radius 1 is 1.62 bits per heavy atom. The van der Waals surface area contributed by atoms with Crippen molar-refractivity contribution < 1.29 is 5.82 Å². The number of hydrogen-bond donors (Lipinski definition) is 0. The van der Waals surface area contributed by atoms with E-state index in [0.717, 1.165) is 5.69 Å². The van der Waals surface area contributed by atoms with Gasteiger partial charge >= 0.3 is 0 Å². The van der Waals surface area contributed by atoms with Crippen LogP contribution >= 0.6 is 0 Å². The number of terminal acetylenes is 1. The van der Waals surface area contributed by atoms with E-state index in [4.69, 9.17) is 6.42 Å². The minimum atomic E-state index is -0.402. The first kappa shape index (κ1) is 12.0. The zero-order valence-corrected chi connectivity index (χ0v) is 9.37. The van der Waals surface area contributed by atoms with E-state index in [1.807, 2.05) is 13.8 Å². The van der Waals surface area contributed by atoms with E-state index in [1.165, 1.54) is 6.07 Å². The molecule has 0 radical (unpaired) electrons. The van der Waals surface area contributed by atoms with Crippen LogP contribution < -0.4 is 0 Å². The molecule has 3 heteroatoms. The summed E-state index contributed by atoms with van der Waals surface area (Å²) in [5.41, 5.74) is 1.67. The summed E-state index contributed by atoms with van der Waals surface area (Å²) in [5.74, 6) is 1.87. The van der Waals surface area contributed by atoms with E-state index in [9.17, 15) is 4.39 Å². The lowest BCUT2D eigenvalue weighted by Crippen LogP contribution is -1.90. The zero-order chi connectivity index (χ0) is 12.1. The maximum atomic E-state index is 13.1. The third-order valence-corrected chi connectivity index (χ3v) is 1.82. The number of halogens is 1. The molecule has 0 aromatic carbocycles. The van der Waals surface area contributed by atoms with Crippen LogP contribution in [0.2, 0.25) is 0 Å². The van der Waals surface area contributed by atoms with Crippen molar-refractivity contribution in [2.24, 2.45) is 0 Å². The molecule has 0 saturated carbocycles. The van der Waals surface area contributed by atoms with Gasteiger partial charge in [-0.1, -0.05) is 12.0 Å². The number of aromatic nitrogens is 2. The third-order valence-electron chi connectivity index (χ3n) is 1.82. The van der Waals surface area contributed by atoms with Crippen LogP contribution in [-0.2, 0) is 0 Å². The minimum Gasteiger partial charge on any atom is -0.305 e. The number of aryl methyl sites for hydroxylation is 1. The lowest BCUT2D eigenvalue weighted by Gasteiger charge is -1.96. The molecule has 0 spiro atoms. The second-order valence-corrected chi connectivity index (χ2v) is 3.24. The Balaban J connectivity index is 0.000000583. The number of imidazole rings is 1. The Morgan fingerprint density at radius 2 is 2.25 bits per heavy atom. The molecule has 0 bridgehead atoms. The fourth-order valence-corrected chi connectivity index (χ4v) is 1.24. The molecular formula is C13H15FN2. The van der Waals surface area contributed by atoms with Gasteiger partial charge in [-0.2, -0.15) is 0 Å². The maximum Gasteiger partial charge on any atom is 0.144 e. The Labute approximate surface area is 95.9 Å². The molecule has 0 saturated heterocycles. The predicted octanol–water partition coefficient (Wildman–Crippen LogP) is 3.20. The summed E-state index contributed by atoms with van der Waals surface area (Å²) in [6.07, 6.45) is 10.2. The highest BCUT2D eigenvalue weighted by Crippen LogP contribution is 2.10. The van der Waals surface area contributed by atoms with Crippen LogP contribution in [-0.4, -0.2) is 9.38 Å². The number of pyridine rings is 1. The maximum absolute atomic E-state index is 13.1. The van der Waals surface area contributed by atoms with Gasteiger partial charge in [0.1, 0.15) is 11.5 Å². The van der Waals surface area contributed by atoms with Gasteiger partial charge in [0.2, 0.25) is 0 Å². The van der Waals surface area contributed by atoms with Crippen LogP contribution in [0.15, 0.2) is 31.1 Å². The fraction of sp³-hybridized carbons (Fsp3) is 0.154. The SMILES string of the molecule is C#Cc1cn2cc(C)nc2cc1F.C=CC.[HH]. The standard InChI is InChI=1S/C10H7FN2.C3H6.H2/c1-3-8-6-13-5-7(2)12-10(13)4-9(8)11;1-3-2;/h1,4-6H,2H3;3H,1H2,2H3;1H. The summed E-state index contributed by atoms with van der Waals surface area (Å²) in [4.78, 5) is 4.10. The van der Waals surface area contributed by atoms with Crippen LogP contribution in [0, 0.1) is 25.1 Å². The van der Waals surface area contributed by atoms with Gasteiger partial charge in [0.05, 0.1) is 11.3 Å². The molecule has 0 aliphatic rings. The Kier molecular flexibility index (Phi) is 3.84. The summed E-state index contributed by atoms with van der Waals surface area (Å²) in [6.45, 7) is 7.10. The first-order valence-corrected chi connectivity index (χ1v) is 4.81. The summed E-state index contributed by atoms with van der Waals surface area (Å²) >= 11 is 0. The van der Waals surface area contributed by atoms with Crippen molar-refractivity contribution in [1.29, 1.82) is 0 Å². The van der Waals surface area contributed by atoms with E-state index in [2.05, 4.69) is 17.5 Å². The summed E-state index contributed by atoms with van der Waals surface area (Å²) in [5, 5.41) is 0. The molecular weight excluding hydrogens is 203 g/mol. The van der Waals surface area contributed by atoms with Crippen LogP contribution in [0.25, 0.3) is 5.65 Å². The molecule has 0 amide bonds. The average Bonchev–Trinajstić information content (AvgIpc) is 2.57. The second-order valence-electron chi connectivity index (χ2n) is 3.24. The molecule has 0 aliphatic carbocycles.